The molecule has 1 atom stereocenters. The van der Waals surface area contributed by atoms with Crippen molar-refractivity contribution in [1.82, 2.24) is 4.90 Å². The van der Waals surface area contributed by atoms with Gasteiger partial charge in [-0.15, -0.1) is 0 Å². The van der Waals surface area contributed by atoms with Gasteiger partial charge in [-0.25, -0.2) is 0 Å². The Balaban J connectivity index is 2.25. The lowest BCUT2D eigenvalue weighted by Gasteiger charge is -2.42. The quantitative estimate of drug-likeness (QED) is 0.678. The molecule has 7 heteroatoms. The largest absolute Gasteiger partial charge is 0.490 e. The number of methoxy groups -OCH3 is 1. The summed E-state index contributed by atoms with van der Waals surface area (Å²) in [5.74, 6) is -0.0722. The summed E-state index contributed by atoms with van der Waals surface area (Å²) in [6.07, 6.45) is 0.739. The van der Waals surface area contributed by atoms with Crippen LogP contribution in [-0.2, 0) is 0 Å². The maximum absolute atomic E-state index is 12.6. The Kier molecular flexibility index (Phi) is 4.37. The summed E-state index contributed by atoms with van der Waals surface area (Å²) in [5.41, 5.74) is 6.16. The van der Waals surface area contributed by atoms with Crippen LogP contribution >= 0.6 is 0 Å². The van der Waals surface area contributed by atoms with Crippen molar-refractivity contribution >= 4 is 11.6 Å². The van der Waals surface area contributed by atoms with E-state index in [1.54, 1.807) is 4.90 Å². The number of amides is 1. The molecular weight excluding hydrogens is 286 g/mol. The maximum atomic E-state index is 12.6. The van der Waals surface area contributed by atoms with Crippen LogP contribution in [0.2, 0.25) is 0 Å². The fraction of sp³-hybridized carbons (Fsp3) is 0.533. The third kappa shape index (κ3) is 3.04. The van der Waals surface area contributed by atoms with Crippen LogP contribution in [0.15, 0.2) is 18.2 Å². The highest BCUT2D eigenvalue weighted by Gasteiger charge is 2.35. The molecule has 1 saturated heterocycles. The average molecular weight is 307 g/mol. The predicted octanol–water partition coefficient (Wildman–Crippen LogP) is 1.80. The summed E-state index contributed by atoms with van der Waals surface area (Å²) in [7, 11) is 1.35. The maximum Gasteiger partial charge on any atom is 0.310 e. The molecule has 1 fully saturated rings. The van der Waals surface area contributed by atoms with Gasteiger partial charge in [0.1, 0.15) is 0 Å². The summed E-state index contributed by atoms with van der Waals surface area (Å²) in [6.45, 7) is 5.22. The molecule has 1 aromatic carbocycles. The number of nitrogens with two attached hydrogens (primary N) is 1. The Morgan fingerprint density at radius 1 is 1.50 bits per heavy atom. The summed E-state index contributed by atoms with van der Waals surface area (Å²) in [4.78, 5) is 24.7. The molecule has 1 heterocycles. The molecule has 0 saturated carbocycles. The van der Waals surface area contributed by atoms with Crippen LogP contribution in [0.1, 0.15) is 30.6 Å². The second kappa shape index (κ2) is 5.92. The second-order valence-corrected chi connectivity index (χ2v) is 6.25. The number of ether oxygens (including phenoxy) is 1. The molecule has 120 valence electrons. The highest BCUT2D eigenvalue weighted by Crippen LogP contribution is 2.31. The molecule has 0 bridgehead atoms. The number of likely N-dealkylation sites (tertiary alicyclic amines) is 1. The molecule has 0 spiro atoms. The molecule has 1 aliphatic rings. The van der Waals surface area contributed by atoms with Crippen molar-refractivity contribution in [2.75, 3.05) is 20.2 Å². The monoisotopic (exact) mass is 307 g/mol. The van der Waals surface area contributed by atoms with Gasteiger partial charge in [0.2, 0.25) is 0 Å². The fourth-order valence-corrected chi connectivity index (χ4v) is 2.69. The van der Waals surface area contributed by atoms with E-state index in [0.29, 0.717) is 18.7 Å². The molecule has 1 aliphatic heterocycles. The van der Waals surface area contributed by atoms with E-state index in [-0.39, 0.29) is 28.8 Å². The predicted molar refractivity (Wildman–Crippen MR) is 81.9 cm³/mol. The van der Waals surface area contributed by atoms with Crippen LogP contribution in [0.4, 0.5) is 5.69 Å². The molecule has 0 radical (unpaired) electrons. The van der Waals surface area contributed by atoms with E-state index in [9.17, 15) is 14.9 Å². The van der Waals surface area contributed by atoms with Gasteiger partial charge in [0.05, 0.1) is 12.0 Å². The van der Waals surface area contributed by atoms with E-state index < -0.39 is 4.92 Å². The summed E-state index contributed by atoms with van der Waals surface area (Å²) in [5, 5.41) is 10.9. The van der Waals surface area contributed by atoms with E-state index >= 15 is 0 Å². The molecule has 0 aliphatic carbocycles. The third-order valence-electron chi connectivity index (χ3n) is 4.22. The number of nitro benzene ring substituents is 1. The first-order chi connectivity index (χ1) is 10.3. The lowest BCUT2D eigenvalue weighted by atomic mass is 9.79. The Morgan fingerprint density at radius 2 is 2.18 bits per heavy atom. The molecule has 1 aromatic rings. The Bertz CT molecular complexity index is 600. The van der Waals surface area contributed by atoms with Gasteiger partial charge < -0.3 is 15.4 Å². The minimum Gasteiger partial charge on any atom is -0.490 e. The lowest BCUT2D eigenvalue weighted by Crippen LogP contribution is -2.54. The number of nitrogens with zero attached hydrogens (tertiary/aromatic N) is 2. The first-order valence-corrected chi connectivity index (χ1v) is 7.13. The number of carbonyl (C=O) groups is 1. The molecule has 1 unspecified atom stereocenters. The summed E-state index contributed by atoms with van der Waals surface area (Å²) in [6, 6.07) is 4.24. The van der Waals surface area contributed by atoms with Crippen LogP contribution in [0, 0.1) is 15.5 Å². The van der Waals surface area contributed by atoms with Crippen LogP contribution in [0.5, 0.6) is 5.75 Å². The van der Waals surface area contributed by atoms with E-state index in [2.05, 4.69) is 0 Å². The van der Waals surface area contributed by atoms with Crippen molar-refractivity contribution in [1.29, 1.82) is 0 Å². The van der Waals surface area contributed by atoms with Gasteiger partial charge in [-0.05, 0) is 17.9 Å². The zero-order valence-electron chi connectivity index (χ0n) is 13.0. The van der Waals surface area contributed by atoms with Crippen molar-refractivity contribution in [3.63, 3.8) is 0 Å². The molecular formula is C15H21N3O4. The van der Waals surface area contributed by atoms with Crippen molar-refractivity contribution in [3.05, 3.63) is 33.9 Å². The van der Waals surface area contributed by atoms with Crippen LogP contribution in [-0.4, -0.2) is 42.0 Å². The molecule has 1 amide bonds. The summed E-state index contributed by atoms with van der Waals surface area (Å²) >= 11 is 0. The number of hydrogen-bond acceptors (Lipinski definition) is 5. The van der Waals surface area contributed by atoms with Gasteiger partial charge in [0, 0.05) is 36.8 Å². The van der Waals surface area contributed by atoms with Crippen LogP contribution < -0.4 is 10.5 Å². The number of nitro groups is 1. The van der Waals surface area contributed by atoms with Gasteiger partial charge >= 0.3 is 5.69 Å². The smallest absolute Gasteiger partial charge is 0.310 e. The van der Waals surface area contributed by atoms with Crippen molar-refractivity contribution in [2.45, 2.75) is 26.3 Å². The van der Waals surface area contributed by atoms with Crippen molar-refractivity contribution in [2.24, 2.45) is 11.1 Å². The normalized spacial score (nSPS) is 20.5. The Labute approximate surface area is 129 Å². The van der Waals surface area contributed by atoms with E-state index in [4.69, 9.17) is 10.5 Å². The second-order valence-electron chi connectivity index (χ2n) is 6.25. The molecule has 2 N–H and O–H groups in total. The third-order valence-corrected chi connectivity index (χ3v) is 4.22. The van der Waals surface area contributed by atoms with Gasteiger partial charge in [0.15, 0.2) is 5.75 Å². The zero-order valence-corrected chi connectivity index (χ0v) is 13.0. The van der Waals surface area contributed by atoms with E-state index in [1.165, 1.54) is 25.3 Å². The van der Waals surface area contributed by atoms with Crippen LogP contribution in [0.25, 0.3) is 0 Å². The highest BCUT2D eigenvalue weighted by atomic mass is 16.6. The number of carbonyl (C=O) groups excluding carboxylic acids is 1. The first kappa shape index (κ1) is 16.2. The van der Waals surface area contributed by atoms with Crippen molar-refractivity contribution in [3.8, 4) is 5.75 Å². The minimum absolute atomic E-state index is 0.0583. The van der Waals surface area contributed by atoms with Gasteiger partial charge in [-0.1, -0.05) is 13.8 Å². The number of benzene rings is 1. The Hall–Kier alpha value is -2.15. The number of rotatable bonds is 3. The lowest BCUT2D eigenvalue weighted by molar-refractivity contribution is -0.385. The van der Waals surface area contributed by atoms with E-state index in [0.717, 1.165) is 6.42 Å². The molecule has 2 rings (SSSR count). The first-order valence-electron chi connectivity index (χ1n) is 7.13. The topological polar surface area (TPSA) is 98.7 Å². The van der Waals surface area contributed by atoms with Crippen LogP contribution in [0.3, 0.4) is 0 Å². The minimum atomic E-state index is -0.532. The van der Waals surface area contributed by atoms with Gasteiger partial charge in [-0.3, -0.25) is 14.9 Å². The summed E-state index contributed by atoms with van der Waals surface area (Å²) < 4.78 is 5.01. The number of piperidine rings is 1. The average Bonchev–Trinajstić information content (AvgIpc) is 2.48. The van der Waals surface area contributed by atoms with Gasteiger partial charge in [0.25, 0.3) is 5.91 Å². The van der Waals surface area contributed by atoms with Gasteiger partial charge in [-0.2, -0.15) is 0 Å². The van der Waals surface area contributed by atoms with E-state index in [1.807, 2.05) is 13.8 Å². The molecule has 22 heavy (non-hydrogen) atoms. The number of hydrogen-bond donors (Lipinski definition) is 1. The molecule has 7 nitrogen and oxygen atoms in total. The standard InChI is InChI=1S/C15H21N3O4/c1-15(2)9-17(7-6-13(15)16)14(19)10-4-5-11(18(20)21)12(8-10)22-3/h4-5,8,13H,6-7,9,16H2,1-3H3. The zero-order chi connectivity index (χ0) is 16.5. The highest BCUT2D eigenvalue weighted by molar-refractivity contribution is 5.95. The fourth-order valence-electron chi connectivity index (χ4n) is 2.69. The van der Waals surface area contributed by atoms with Crippen molar-refractivity contribution < 1.29 is 14.5 Å². The Morgan fingerprint density at radius 3 is 2.73 bits per heavy atom. The SMILES string of the molecule is COc1cc(C(=O)N2CCC(N)C(C)(C)C2)ccc1[N+](=O)[O-]. The molecule has 0 aromatic heterocycles.